The Morgan fingerprint density at radius 3 is 2.50 bits per heavy atom. The van der Waals surface area contributed by atoms with Gasteiger partial charge in [-0.05, 0) is 32.1 Å². The number of nitrogens with zero attached hydrogens (tertiary/aromatic N) is 3. The molecule has 2 heterocycles. The minimum atomic E-state index is 1.04. The van der Waals surface area contributed by atoms with E-state index in [1.807, 2.05) is 13.1 Å². The summed E-state index contributed by atoms with van der Waals surface area (Å²) in [5.41, 5.74) is 2.30. The Balaban J connectivity index is 2.05. The van der Waals surface area contributed by atoms with Gasteiger partial charge < -0.3 is 9.80 Å². The van der Waals surface area contributed by atoms with E-state index in [2.05, 4.69) is 34.0 Å². The molecular formula is C11H16N3-. The summed E-state index contributed by atoms with van der Waals surface area (Å²) in [6, 6.07) is 4.20. The zero-order chi connectivity index (χ0) is 9.97. The Hall–Kier alpha value is -1.09. The van der Waals surface area contributed by atoms with Gasteiger partial charge in [-0.3, -0.25) is 12.0 Å². The Bertz CT molecular complexity index is 286. The molecule has 0 radical (unpaired) electrons. The molecule has 0 bridgehead atoms. The number of hydrogen-bond acceptors (Lipinski definition) is 3. The largest absolute Gasteiger partial charge is 0.456 e. The maximum absolute atomic E-state index is 4.30. The van der Waals surface area contributed by atoms with Gasteiger partial charge in [0, 0.05) is 18.8 Å². The van der Waals surface area contributed by atoms with Crippen LogP contribution in [0.25, 0.3) is 0 Å². The molecule has 1 aliphatic heterocycles. The van der Waals surface area contributed by atoms with Gasteiger partial charge in [-0.2, -0.15) is 0 Å². The molecule has 0 aliphatic carbocycles. The molecule has 0 N–H and O–H groups in total. The zero-order valence-corrected chi connectivity index (χ0v) is 8.61. The van der Waals surface area contributed by atoms with Crippen molar-refractivity contribution in [2.24, 2.45) is 0 Å². The van der Waals surface area contributed by atoms with Gasteiger partial charge in [-0.25, -0.2) is 0 Å². The monoisotopic (exact) mass is 190 g/mol. The van der Waals surface area contributed by atoms with Crippen molar-refractivity contribution in [3.63, 3.8) is 0 Å². The number of aryl methyl sites for hydroxylation is 1. The molecule has 0 atom stereocenters. The van der Waals surface area contributed by atoms with Crippen molar-refractivity contribution < 1.29 is 0 Å². The zero-order valence-electron chi connectivity index (χ0n) is 8.61. The van der Waals surface area contributed by atoms with Crippen LogP contribution in [0.2, 0.25) is 0 Å². The summed E-state index contributed by atoms with van der Waals surface area (Å²) < 4.78 is 0. The van der Waals surface area contributed by atoms with Crippen LogP contribution in [0.5, 0.6) is 0 Å². The molecule has 1 aromatic heterocycles. The smallest absolute Gasteiger partial charge is 0.0553 e. The Kier molecular flexibility index (Phi) is 2.68. The normalized spacial score (nSPS) is 18.6. The fourth-order valence-electron chi connectivity index (χ4n) is 1.65. The standard InChI is InChI=1S/C11H16N3/c1-10-3-4-11(9-12-10)14-7-5-13(2)6-8-14/h3-4,9H,2,5-8H2,1H3/q-1. The minimum absolute atomic E-state index is 1.04. The quantitative estimate of drug-likeness (QED) is 0.622. The highest BCUT2D eigenvalue weighted by atomic mass is 15.2. The van der Waals surface area contributed by atoms with E-state index in [0.717, 1.165) is 31.9 Å². The minimum Gasteiger partial charge on any atom is -0.456 e. The summed E-state index contributed by atoms with van der Waals surface area (Å²) >= 11 is 0. The molecule has 3 heteroatoms. The molecule has 0 amide bonds. The molecule has 3 nitrogen and oxygen atoms in total. The van der Waals surface area contributed by atoms with Crippen molar-refractivity contribution >= 4 is 5.69 Å². The van der Waals surface area contributed by atoms with Gasteiger partial charge in [-0.1, -0.05) is 0 Å². The molecule has 0 saturated carbocycles. The van der Waals surface area contributed by atoms with E-state index in [0.29, 0.717) is 0 Å². The van der Waals surface area contributed by atoms with Crippen LogP contribution in [0.4, 0.5) is 5.69 Å². The first kappa shape index (κ1) is 9.46. The van der Waals surface area contributed by atoms with Crippen molar-refractivity contribution in [2.45, 2.75) is 6.92 Å². The summed E-state index contributed by atoms with van der Waals surface area (Å²) in [4.78, 5) is 8.77. The Labute approximate surface area is 85.4 Å². The van der Waals surface area contributed by atoms with E-state index in [4.69, 9.17) is 0 Å². The lowest BCUT2D eigenvalue weighted by atomic mass is 10.2. The van der Waals surface area contributed by atoms with Crippen molar-refractivity contribution in [1.29, 1.82) is 0 Å². The lowest BCUT2D eigenvalue weighted by Gasteiger charge is -2.38. The van der Waals surface area contributed by atoms with Crippen LogP contribution >= 0.6 is 0 Å². The molecular weight excluding hydrogens is 174 g/mol. The third-order valence-corrected chi connectivity index (χ3v) is 2.63. The third-order valence-electron chi connectivity index (χ3n) is 2.63. The molecule has 1 aliphatic rings. The average molecular weight is 190 g/mol. The van der Waals surface area contributed by atoms with Crippen molar-refractivity contribution in [1.82, 2.24) is 9.88 Å². The second-order valence-corrected chi connectivity index (χ2v) is 3.76. The van der Waals surface area contributed by atoms with Crippen LogP contribution in [0.15, 0.2) is 18.3 Å². The second kappa shape index (κ2) is 3.96. The van der Waals surface area contributed by atoms with E-state index in [9.17, 15) is 0 Å². The van der Waals surface area contributed by atoms with Crippen molar-refractivity contribution in [3.8, 4) is 0 Å². The van der Waals surface area contributed by atoms with Gasteiger partial charge in [0.25, 0.3) is 0 Å². The molecule has 1 saturated heterocycles. The Morgan fingerprint density at radius 1 is 1.21 bits per heavy atom. The maximum atomic E-state index is 4.30. The van der Waals surface area contributed by atoms with E-state index in [-0.39, 0.29) is 0 Å². The summed E-state index contributed by atoms with van der Waals surface area (Å²) in [7, 11) is 3.93. The molecule has 1 aromatic rings. The first-order chi connectivity index (χ1) is 6.75. The summed E-state index contributed by atoms with van der Waals surface area (Å²) in [5.74, 6) is 0. The van der Waals surface area contributed by atoms with Crippen molar-refractivity contribution in [2.75, 3.05) is 31.1 Å². The first-order valence-corrected chi connectivity index (χ1v) is 4.99. The highest BCUT2D eigenvalue weighted by Crippen LogP contribution is 2.14. The van der Waals surface area contributed by atoms with Gasteiger partial charge in [0.1, 0.15) is 0 Å². The van der Waals surface area contributed by atoms with E-state index in [1.54, 1.807) is 0 Å². The van der Waals surface area contributed by atoms with Crippen LogP contribution in [-0.4, -0.2) is 36.1 Å². The lowest BCUT2D eigenvalue weighted by Crippen LogP contribution is -2.43. The van der Waals surface area contributed by atoms with Gasteiger partial charge in [0.2, 0.25) is 0 Å². The summed E-state index contributed by atoms with van der Waals surface area (Å²) in [6.45, 7) is 6.18. The van der Waals surface area contributed by atoms with E-state index >= 15 is 0 Å². The second-order valence-electron chi connectivity index (χ2n) is 3.76. The number of hydrogen-bond donors (Lipinski definition) is 0. The van der Waals surface area contributed by atoms with Crippen LogP contribution in [-0.2, 0) is 0 Å². The molecule has 0 spiro atoms. The van der Waals surface area contributed by atoms with E-state index < -0.39 is 0 Å². The summed E-state index contributed by atoms with van der Waals surface area (Å²) in [5, 5.41) is 0. The van der Waals surface area contributed by atoms with Crippen LogP contribution in [0.3, 0.4) is 0 Å². The lowest BCUT2D eigenvalue weighted by molar-refractivity contribution is 0.344. The van der Waals surface area contributed by atoms with Gasteiger partial charge in [0.05, 0.1) is 11.9 Å². The predicted octanol–water partition coefficient (Wildman–Crippen LogP) is 1.30. The molecule has 0 unspecified atom stereocenters. The molecule has 76 valence electrons. The highest BCUT2D eigenvalue weighted by Gasteiger charge is 2.11. The van der Waals surface area contributed by atoms with Crippen LogP contribution in [0.1, 0.15) is 5.69 Å². The fourth-order valence-corrected chi connectivity index (χ4v) is 1.65. The number of anilines is 1. The molecule has 14 heavy (non-hydrogen) atoms. The molecule has 1 fully saturated rings. The average Bonchev–Trinajstić information content (AvgIpc) is 2.21. The topological polar surface area (TPSA) is 19.4 Å². The maximum Gasteiger partial charge on any atom is 0.0553 e. The molecule has 2 rings (SSSR count). The van der Waals surface area contributed by atoms with Gasteiger partial charge in [-0.15, -0.1) is 0 Å². The number of aromatic nitrogens is 1. The highest BCUT2D eigenvalue weighted by molar-refractivity contribution is 5.44. The number of piperazine rings is 1. The third kappa shape index (κ3) is 2.04. The SMILES string of the molecule is [CH2-]N1CCN(c2ccc(C)nc2)CC1. The van der Waals surface area contributed by atoms with Crippen molar-refractivity contribution in [3.05, 3.63) is 31.1 Å². The Morgan fingerprint density at radius 2 is 1.93 bits per heavy atom. The number of pyridine rings is 1. The fraction of sp³-hybridized carbons (Fsp3) is 0.455. The van der Waals surface area contributed by atoms with Crippen LogP contribution in [0, 0.1) is 14.0 Å². The van der Waals surface area contributed by atoms with E-state index in [1.165, 1.54) is 5.69 Å². The van der Waals surface area contributed by atoms with Crippen LogP contribution < -0.4 is 4.90 Å². The molecule has 0 aromatic carbocycles. The van der Waals surface area contributed by atoms with Gasteiger partial charge >= 0.3 is 0 Å². The first-order valence-electron chi connectivity index (χ1n) is 4.99. The number of rotatable bonds is 1. The van der Waals surface area contributed by atoms with Gasteiger partial charge in [0.15, 0.2) is 0 Å². The predicted molar refractivity (Wildman–Crippen MR) is 58.1 cm³/mol. The summed E-state index contributed by atoms with van der Waals surface area (Å²) in [6.07, 6.45) is 1.95.